The molecular weight excluding hydrogens is 261 g/mol. The lowest BCUT2D eigenvalue weighted by atomic mass is 9.65. The molecule has 0 atom stereocenters. The Bertz CT molecular complexity index is 329. The number of halogens is 3. The highest BCUT2D eigenvalue weighted by molar-refractivity contribution is 5.77. The van der Waals surface area contributed by atoms with Crippen molar-refractivity contribution in [2.75, 3.05) is 6.61 Å². The Morgan fingerprint density at radius 1 is 1.32 bits per heavy atom. The Kier molecular flexibility index (Phi) is 4.55. The molecule has 0 spiro atoms. The summed E-state index contributed by atoms with van der Waals surface area (Å²) < 4.78 is 42.7. The topological polar surface area (TPSA) is 46.5 Å². The Hall–Kier alpha value is -0.780. The van der Waals surface area contributed by atoms with Gasteiger partial charge in [0.25, 0.3) is 0 Å². The summed E-state index contributed by atoms with van der Waals surface area (Å²) in [5, 5.41) is 10.5. The quantitative estimate of drug-likeness (QED) is 0.809. The number of carbonyl (C=O) groups excluding carboxylic acids is 1. The first-order valence-corrected chi connectivity index (χ1v) is 6.51. The first kappa shape index (κ1) is 16.3. The Morgan fingerprint density at radius 3 is 2.16 bits per heavy atom. The lowest BCUT2D eigenvalue weighted by Crippen LogP contribution is -2.53. The smallest absolute Gasteiger partial charge is 0.391 e. The zero-order valence-electron chi connectivity index (χ0n) is 11.5. The summed E-state index contributed by atoms with van der Waals surface area (Å²) in [5.41, 5.74) is -2.62. The van der Waals surface area contributed by atoms with Crippen molar-refractivity contribution in [2.45, 2.75) is 58.2 Å². The molecule has 0 aromatic heterocycles. The molecule has 1 saturated carbocycles. The van der Waals surface area contributed by atoms with Gasteiger partial charge in [-0.05, 0) is 46.5 Å². The third kappa shape index (κ3) is 3.22. The van der Waals surface area contributed by atoms with Gasteiger partial charge >= 0.3 is 12.1 Å². The summed E-state index contributed by atoms with van der Waals surface area (Å²) in [6.45, 7) is 4.89. The highest BCUT2D eigenvalue weighted by Crippen LogP contribution is 2.48. The molecule has 1 N–H and O–H groups in total. The van der Waals surface area contributed by atoms with Crippen molar-refractivity contribution in [1.82, 2.24) is 0 Å². The molecule has 0 bridgehead atoms. The molecule has 0 aromatic rings. The van der Waals surface area contributed by atoms with Crippen molar-refractivity contribution in [3.8, 4) is 0 Å². The normalized spacial score (nSPS) is 29.1. The average molecular weight is 282 g/mol. The standard InChI is InChI=1S/C13H21F3O3/c1-4-19-10(17)11(2,3)12(18)7-5-9(6-8-12)13(14,15)16/h9,18H,4-8H2,1-3H3. The summed E-state index contributed by atoms with van der Waals surface area (Å²) in [5.74, 6) is -1.95. The summed E-state index contributed by atoms with van der Waals surface area (Å²) >= 11 is 0. The fourth-order valence-corrected chi connectivity index (χ4v) is 2.55. The number of rotatable bonds is 3. The van der Waals surface area contributed by atoms with E-state index in [0.29, 0.717) is 0 Å². The second kappa shape index (κ2) is 5.31. The Balaban J connectivity index is 2.77. The van der Waals surface area contributed by atoms with Crippen LogP contribution >= 0.6 is 0 Å². The van der Waals surface area contributed by atoms with Crippen LogP contribution in [0, 0.1) is 11.3 Å². The summed E-state index contributed by atoms with van der Waals surface area (Å²) in [7, 11) is 0. The molecule has 0 saturated heterocycles. The number of aliphatic hydroxyl groups is 1. The van der Waals surface area contributed by atoms with Crippen LogP contribution in [0.25, 0.3) is 0 Å². The van der Waals surface area contributed by atoms with Gasteiger partial charge in [0, 0.05) is 0 Å². The molecule has 0 radical (unpaired) electrons. The Labute approximate surface area is 111 Å². The minimum absolute atomic E-state index is 0.0387. The van der Waals surface area contributed by atoms with Gasteiger partial charge < -0.3 is 9.84 Å². The largest absolute Gasteiger partial charge is 0.465 e. The number of alkyl halides is 3. The van der Waals surface area contributed by atoms with Crippen LogP contribution in [0.4, 0.5) is 13.2 Å². The van der Waals surface area contributed by atoms with E-state index in [4.69, 9.17) is 4.74 Å². The van der Waals surface area contributed by atoms with E-state index in [9.17, 15) is 23.1 Å². The van der Waals surface area contributed by atoms with Gasteiger partial charge in [0.1, 0.15) is 0 Å². The van der Waals surface area contributed by atoms with Crippen LogP contribution in [0.5, 0.6) is 0 Å². The van der Waals surface area contributed by atoms with E-state index in [1.54, 1.807) is 6.92 Å². The third-order valence-corrected chi connectivity index (χ3v) is 4.22. The van der Waals surface area contributed by atoms with Crippen molar-refractivity contribution in [2.24, 2.45) is 11.3 Å². The predicted octanol–water partition coefficient (Wildman–Crippen LogP) is 3.06. The van der Waals surface area contributed by atoms with E-state index >= 15 is 0 Å². The molecule has 1 fully saturated rings. The maximum Gasteiger partial charge on any atom is 0.391 e. The molecule has 1 rings (SSSR count). The molecule has 0 heterocycles. The molecule has 0 unspecified atom stereocenters. The Morgan fingerprint density at radius 2 is 1.79 bits per heavy atom. The predicted molar refractivity (Wildman–Crippen MR) is 63.4 cm³/mol. The van der Waals surface area contributed by atoms with Crippen molar-refractivity contribution >= 4 is 5.97 Å². The zero-order valence-corrected chi connectivity index (χ0v) is 11.5. The van der Waals surface area contributed by atoms with E-state index < -0.39 is 29.1 Å². The first-order chi connectivity index (χ1) is 8.54. The molecule has 0 aliphatic heterocycles. The molecule has 19 heavy (non-hydrogen) atoms. The number of carbonyl (C=O) groups is 1. The van der Waals surface area contributed by atoms with Gasteiger partial charge in [-0.1, -0.05) is 0 Å². The van der Waals surface area contributed by atoms with Crippen LogP contribution in [-0.2, 0) is 9.53 Å². The van der Waals surface area contributed by atoms with Gasteiger partial charge in [-0.15, -0.1) is 0 Å². The van der Waals surface area contributed by atoms with Gasteiger partial charge in [0.05, 0.1) is 23.5 Å². The first-order valence-electron chi connectivity index (χ1n) is 6.51. The van der Waals surface area contributed by atoms with Crippen LogP contribution < -0.4 is 0 Å². The second-order valence-electron chi connectivity index (χ2n) is 5.69. The summed E-state index contributed by atoms with van der Waals surface area (Å²) in [6.07, 6.45) is -4.60. The lowest BCUT2D eigenvalue weighted by Gasteiger charge is -2.45. The summed E-state index contributed by atoms with van der Waals surface area (Å²) in [4.78, 5) is 11.8. The molecule has 1 aliphatic rings. The van der Waals surface area contributed by atoms with Crippen molar-refractivity contribution in [1.29, 1.82) is 0 Å². The van der Waals surface area contributed by atoms with Gasteiger partial charge in [0.15, 0.2) is 0 Å². The van der Waals surface area contributed by atoms with Gasteiger partial charge in [-0.2, -0.15) is 13.2 Å². The third-order valence-electron chi connectivity index (χ3n) is 4.22. The maximum absolute atomic E-state index is 12.6. The van der Waals surface area contributed by atoms with E-state index in [1.807, 2.05) is 0 Å². The number of esters is 1. The molecule has 0 aromatic carbocycles. The zero-order chi connectivity index (χ0) is 14.9. The van der Waals surface area contributed by atoms with Gasteiger partial charge in [-0.3, -0.25) is 4.79 Å². The monoisotopic (exact) mass is 282 g/mol. The van der Waals surface area contributed by atoms with E-state index in [0.717, 1.165) is 0 Å². The average Bonchev–Trinajstić information content (AvgIpc) is 2.28. The second-order valence-corrected chi connectivity index (χ2v) is 5.69. The fraction of sp³-hybridized carbons (Fsp3) is 0.923. The van der Waals surface area contributed by atoms with Crippen LogP contribution in [0.1, 0.15) is 46.5 Å². The maximum atomic E-state index is 12.6. The van der Waals surface area contributed by atoms with Crippen molar-refractivity contribution in [3.63, 3.8) is 0 Å². The SMILES string of the molecule is CCOC(=O)C(C)(C)C1(O)CCC(C(F)(F)F)CC1. The summed E-state index contributed by atoms with van der Waals surface area (Å²) in [6, 6.07) is 0. The van der Waals surface area contributed by atoms with Crippen molar-refractivity contribution in [3.05, 3.63) is 0 Å². The minimum atomic E-state index is -4.23. The van der Waals surface area contributed by atoms with Crippen LogP contribution in [0.15, 0.2) is 0 Å². The van der Waals surface area contributed by atoms with E-state index in [2.05, 4.69) is 0 Å². The van der Waals surface area contributed by atoms with E-state index in [-0.39, 0.29) is 32.3 Å². The van der Waals surface area contributed by atoms with Crippen LogP contribution in [0.2, 0.25) is 0 Å². The molecular formula is C13H21F3O3. The van der Waals surface area contributed by atoms with E-state index in [1.165, 1.54) is 13.8 Å². The van der Waals surface area contributed by atoms with Gasteiger partial charge in [-0.25, -0.2) is 0 Å². The molecule has 6 heteroatoms. The highest BCUT2D eigenvalue weighted by Gasteiger charge is 2.54. The molecule has 0 amide bonds. The van der Waals surface area contributed by atoms with Gasteiger partial charge in [0.2, 0.25) is 0 Å². The van der Waals surface area contributed by atoms with Crippen LogP contribution in [-0.4, -0.2) is 29.5 Å². The molecule has 1 aliphatic carbocycles. The van der Waals surface area contributed by atoms with Crippen molar-refractivity contribution < 1.29 is 27.8 Å². The van der Waals surface area contributed by atoms with Crippen LogP contribution in [0.3, 0.4) is 0 Å². The lowest BCUT2D eigenvalue weighted by molar-refractivity contribution is -0.206. The highest BCUT2D eigenvalue weighted by atomic mass is 19.4. The number of hydrogen-bond donors (Lipinski definition) is 1. The number of hydrogen-bond acceptors (Lipinski definition) is 3. The fourth-order valence-electron chi connectivity index (χ4n) is 2.55. The molecule has 3 nitrogen and oxygen atoms in total. The molecule has 112 valence electrons. The minimum Gasteiger partial charge on any atom is -0.465 e. The number of ether oxygens (including phenoxy) is 1.